The van der Waals surface area contributed by atoms with Crippen molar-refractivity contribution in [3.8, 4) is 11.3 Å². The van der Waals surface area contributed by atoms with Gasteiger partial charge in [0, 0.05) is 21.8 Å². The van der Waals surface area contributed by atoms with Gasteiger partial charge in [-0.25, -0.2) is 9.98 Å². The van der Waals surface area contributed by atoms with E-state index in [-0.39, 0.29) is 0 Å². The monoisotopic (exact) mass is 404 g/mol. The molecule has 5 aromatic rings. The summed E-state index contributed by atoms with van der Waals surface area (Å²) in [4.78, 5) is 13.0. The van der Waals surface area contributed by atoms with Crippen LogP contribution in [0.3, 0.4) is 0 Å². The lowest BCUT2D eigenvalue weighted by Crippen LogP contribution is -1.85. The molecular weight excluding hydrogens is 391 g/mol. The third kappa shape index (κ3) is 2.97. The highest BCUT2D eigenvalue weighted by atomic mass is 35.5. The van der Waals surface area contributed by atoms with E-state index in [1.807, 2.05) is 83.4 Å². The topological polar surface area (TPSA) is 45.5 Å². The van der Waals surface area contributed by atoms with Gasteiger partial charge in [-0.2, -0.15) is 0 Å². The Kier molecular flexibility index (Phi) is 4.15. The van der Waals surface area contributed by atoms with Gasteiger partial charge in [0.15, 0.2) is 5.82 Å². The molecule has 0 aliphatic heterocycles. The third-order valence-corrected chi connectivity index (χ3v) is 5.07. The molecule has 0 spiro atoms. The highest BCUT2D eigenvalue weighted by Gasteiger charge is 2.17. The number of imidazole rings is 2. The highest BCUT2D eigenvalue weighted by molar-refractivity contribution is 6.30. The molecule has 1 N–H and O–H groups in total. The van der Waals surface area contributed by atoms with Crippen LogP contribution in [0.15, 0.2) is 77.8 Å². The SMILES string of the molecule is Clc1ccc(/C=N/c2c(-c3ccc(Cl)cc3)nc3[nH]c4ccccc4n23)cc1. The minimum atomic E-state index is 0.685. The van der Waals surface area contributed by atoms with Crippen LogP contribution in [-0.2, 0) is 0 Å². The number of rotatable bonds is 3. The molecule has 0 fully saturated rings. The van der Waals surface area contributed by atoms with Crippen molar-refractivity contribution in [1.29, 1.82) is 0 Å². The highest BCUT2D eigenvalue weighted by Crippen LogP contribution is 2.34. The predicted molar refractivity (Wildman–Crippen MR) is 116 cm³/mol. The standard InChI is InChI=1S/C22H14Cl2N4/c23-16-9-5-14(6-10-16)13-25-21-20(15-7-11-17(24)12-8-15)27-22-26-18-3-1-2-4-19(18)28(21)22/h1-13H,(H,26,27)/b25-13+. The zero-order valence-corrected chi connectivity index (χ0v) is 16.1. The van der Waals surface area contributed by atoms with E-state index >= 15 is 0 Å². The number of nitrogens with one attached hydrogen (secondary N) is 1. The van der Waals surface area contributed by atoms with Crippen LogP contribution < -0.4 is 0 Å². The fourth-order valence-electron chi connectivity index (χ4n) is 3.22. The molecule has 3 aromatic carbocycles. The summed E-state index contributed by atoms with van der Waals surface area (Å²) < 4.78 is 2.03. The maximum atomic E-state index is 6.06. The molecule has 2 heterocycles. The first-order chi connectivity index (χ1) is 13.7. The average molecular weight is 405 g/mol. The molecule has 0 amide bonds. The lowest BCUT2D eigenvalue weighted by atomic mass is 10.1. The summed E-state index contributed by atoms with van der Waals surface area (Å²) in [5, 5.41) is 1.38. The number of H-pyrrole nitrogens is 1. The van der Waals surface area contributed by atoms with Crippen LogP contribution in [0, 0.1) is 0 Å². The smallest absolute Gasteiger partial charge is 0.214 e. The average Bonchev–Trinajstić information content (AvgIpc) is 3.24. The first-order valence-electron chi connectivity index (χ1n) is 8.74. The molecule has 0 radical (unpaired) electrons. The fraction of sp³-hybridized carbons (Fsp3) is 0. The zero-order valence-electron chi connectivity index (χ0n) is 14.6. The summed E-state index contributed by atoms with van der Waals surface area (Å²) in [6.45, 7) is 0. The number of hydrogen-bond donors (Lipinski definition) is 1. The van der Waals surface area contributed by atoms with Gasteiger partial charge in [-0.3, -0.25) is 4.40 Å². The van der Waals surface area contributed by atoms with Gasteiger partial charge >= 0.3 is 0 Å². The van der Waals surface area contributed by atoms with Crippen LogP contribution in [0.25, 0.3) is 28.1 Å². The first kappa shape index (κ1) is 17.0. The van der Waals surface area contributed by atoms with Gasteiger partial charge in [-0.15, -0.1) is 0 Å². The van der Waals surface area contributed by atoms with Gasteiger partial charge in [0.05, 0.1) is 11.0 Å². The Morgan fingerprint density at radius 2 is 1.54 bits per heavy atom. The number of fused-ring (bicyclic) bond motifs is 3. The Labute approximate surface area is 171 Å². The van der Waals surface area contributed by atoms with Crippen molar-refractivity contribution in [3.05, 3.63) is 88.4 Å². The van der Waals surface area contributed by atoms with Crippen LogP contribution in [0.2, 0.25) is 10.0 Å². The van der Waals surface area contributed by atoms with Crippen molar-refractivity contribution >= 4 is 52.0 Å². The Balaban J connectivity index is 1.73. The molecule has 5 rings (SSSR count). The van der Waals surface area contributed by atoms with Crippen LogP contribution >= 0.6 is 23.2 Å². The van der Waals surface area contributed by atoms with Crippen molar-refractivity contribution in [2.75, 3.05) is 0 Å². The minimum absolute atomic E-state index is 0.685. The Morgan fingerprint density at radius 1 is 0.857 bits per heavy atom. The van der Waals surface area contributed by atoms with E-state index in [1.54, 1.807) is 0 Å². The number of aliphatic imine (C=N–C) groups is 1. The van der Waals surface area contributed by atoms with Gasteiger partial charge in [0.2, 0.25) is 5.78 Å². The molecule has 136 valence electrons. The van der Waals surface area contributed by atoms with Gasteiger partial charge in [-0.1, -0.05) is 59.6 Å². The molecule has 0 bridgehead atoms. The number of aromatic nitrogens is 3. The molecule has 28 heavy (non-hydrogen) atoms. The van der Waals surface area contributed by atoms with Gasteiger partial charge in [-0.05, 0) is 42.0 Å². The van der Waals surface area contributed by atoms with E-state index in [1.165, 1.54) is 0 Å². The molecule has 2 aromatic heterocycles. The maximum Gasteiger partial charge on any atom is 0.214 e. The minimum Gasteiger partial charge on any atom is -0.323 e. The van der Waals surface area contributed by atoms with Crippen LogP contribution in [-0.4, -0.2) is 20.6 Å². The molecule has 0 aliphatic rings. The van der Waals surface area contributed by atoms with E-state index in [4.69, 9.17) is 33.2 Å². The Hall–Kier alpha value is -3.08. The summed E-state index contributed by atoms with van der Waals surface area (Å²) in [6, 6.07) is 23.3. The molecule has 0 atom stereocenters. The lowest BCUT2D eigenvalue weighted by molar-refractivity contribution is 1.22. The molecule has 4 nitrogen and oxygen atoms in total. The van der Waals surface area contributed by atoms with Crippen LogP contribution in [0.4, 0.5) is 5.82 Å². The third-order valence-electron chi connectivity index (χ3n) is 4.57. The second-order valence-electron chi connectivity index (χ2n) is 6.40. The molecule has 0 aliphatic carbocycles. The van der Waals surface area contributed by atoms with Crippen LogP contribution in [0.5, 0.6) is 0 Å². The zero-order chi connectivity index (χ0) is 19.1. The largest absolute Gasteiger partial charge is 0.323 e. The van der Waals surface area contributed by atoms with Crippen molar-refractivity contribution in [3.63, 3.8) is 0 Å². The first-order valence-corrected chi connectivity index (χ1v) is 9.49. The van der Waals surface area contributed by atoms with Gasteiger partial charge in [0.1, 0.15) is 5.69 Å². The quantitative estimate of drug-likeness (QED) is 0.341. The van der Waals surface area contributed by atoms with Crippen molar-refractivity contribution in [1.82, 2.24) is 14.4 Å². The number of halogens is 2. The van der Waals surface area contributed by atoms with Crippen molar-refractivity contribution in [2.45, 2.75) is 0 Å². The van der Waals surface area contributed by atoms with Gasteiger partial charge in [0.25, 0.3) is 0 Å². The maximum absolute atomic E-state index is 6.06. The summed E-state index contributed by atoms with van der Waals surface area (Å²) in [6.07, 6.45) is 1.82. The fourth-order valence-corrected chi connectivity index (χ4v) is 3.48. The second kappa shape index (κ2) is 6.82. The lowest BCUT2D eigenvalue weighted by Gasteiger charge is -2.01. The number of aromatic amines is 1. The van der Waals surface area contributed by atoms with Gasteiger partial charge < -0.3 is 4.98 Å². The van der Waals surface area contributed by atoms with E-state index in [0.29, 0.717) is 10.0 Å². The molecule has 0 saturated heterocycles. The summed E-state index contributed by atoms with van der Waals surface area (Å²) in [7, 11) is 0. The van der Waals surface area contributed by atoms with Crippen LogP contribution in [0.1, 0.15) is 5.56 Å². The normalized spacial score (nSPS) is 11.8. The van der Waals surface area contributed by atoms with E-state index < -0.39 is 0 Å². The Bertz CT molecular complexity index is 1310. The summed E-state index contributed by atoms with van der Waals surface area (Å²) >= 11 is 12.0. The van der Waals surface area contributed by atoms with E-state index in [2.05, 4.69) is 4.98 Å². The second-order valence-corrected chi connectivity index (χ2v) is 7.27. The van der Waals surface area contributed by atoms with E-state index in [0.717, 1.165) is 39.4 Å². The predicted octanol–water partition coefficient (Wildman–Crippen LogP) is 6.54. The number of nitrogens with zero attached hydrogens (tertiary/aromatic N) is 3. The summed E-state index contributed by atoms with van der Waals surface area (Å²) in [5.74, 6) is 1.50. The van der Waals surface area contributed by atoms with E-state index in [9.17, 15) is 0 Å². The number of benzene rings is 3. The number of hydrogen-bond acceptors (Lipinski definition) is 2. The molecule has 0 saturated carbocycles. The molecular formula is C22H14Cl2N4. The number of para-hydroxylation sites is 2. The Morgan fingerprint density at radius 3 is 2.29 bits per heavy atom. The molecule has 0 unspecified atom stereocenters. The summed E-state index contributed by atoms with van der Waals surface area (Å²) in [5.41, 5.74) is 4.73. The van der Waals surface area contributed by atoms with Crippen molar-refractivity contribution < 1.29 is 0 Å². The van der Waals surface area contributed by atoms with Crippen molar-refractivity contribution in [2.24, 2.45) is 4.99 Å². The molecule has 6 heteroatoms.